The quantitative estimate of drug-likeness (QED) is 0.802. The van der Waals surface area contributed by atoms with Crippen molar-refractivity contribution in [1.82, 2.24) is 0 Å². The van der Waals surface area contributed by atoms with Crippen molar-refractivity contribution < 1.29 is 9.53 Å². The second-order valence-electron chi connectivity index (χ2n) is 4.02. The second-order valence-corrected chi connectivity index (χ2v) is 5.12. The Balaban J connectivity index is 2.32. The second kappa shape index (κ2) is 5.27. The van der Waals surface area contributed by atoms with Crippen LogP contribution in [0.1, 0.15) is 6.42 Å². The monoisotopic (exact) mass is 317 g/mol. The van der Waals surface area contributed by atoms with E-state index in [0.717, 1.165) is 15.9 Å². The van der Waals surface area contributed by atoms with Gasteiger partial charge in [-0.2, -0.15) is 0 Å². The number of methoxy groups -OCH3 is 1. The fourth-order valence-corrected chi connectivity index (χ4v) is 2.83. The van der Waals surface area contributed by atoms with E-state index in [2.05, 4.69) is 15.9 Å². The molecular formula is C12H13BrClNO2. The first kappa shape index (κ1) is 12.7. The average molecular weight is 319 g/mol. The van der Waals surface area contributed by atoms with Crippen LogP contribution >= 0.6 is 27.5 Å². The van der Waals surface area contributed by atoms with Crippen molar-refractivity contribution in [2.75, 3.05) is 24.4 Å². The van der Waals surface area contributed by atoms with Crippen LogP contribution in [-0.4, -0.2) is 25.4 Å². The summed E-state index contributed by atoms with van der Waals surface area (Å²) in [5, 5.41) is 0. The Morgan fingerprint density at radius 1 is 1.59 bits per heavy atom. The average Bonchev–Trinajstić information content (AvgIpc) is 2.71. The molecule has 1 fully saturated rings. The van der Waals surface area contributed by atoms with Crippen molar-refractivity contribution in [1.29, 1.82) is 0 Å². The number of hydrogen-bond acceptors (Lipinski definition) is 2. The van der Waals surface area contributed by atoms with Crippen LogP contribution in [0.5, 0.6) is 5.75 Å². The molecule has 1 aliphatic heterocycles. The predicted octanol–water partition coefficient (Wildman–Crippen LogP) is 3.05. The molecule has 1 atom stereocenters. The lowest BCUT2D eigenvalue weighted by atomic mass is 10.1. The summed E-state index contributed by atoms with van der Waals surface area (Å²) in [6.45, 7) is 0.675. The summed E-state index contributed by atoms with van der Waals surface area (Å²) < 4.78 is 6.03. The number of benzene rings is 1. The zero-order valence-electron chi connectivity index (χ0n) is 9.45. The molecule has 0 N–H and O–H groups in total. The Bertz CT molecular complexity index is 439. The minimum Gasteiger partial charge on any atom is -0.495 e. The normalized spacial score (nSPS) is 19.8. The summed E-state index contributed by atoms with van der Waals surface area (Å²) in [5.74, 6) is 1.60. The van der Waals surface area contributed by atoms with E-state index in [-0.39, 0.29) is 11.8 Å². The van der Waals surface area contributed by atoms with E-state index >= 15 is 0 Å². The first-order valence-electron chi connectivity index (χ1n) is 5.36. The van der Waals surface area contributed by atoms with Crippen LogP contribution in [0.2, 0.25) is 0 Å². The van der Waals surface area contributed by atoms with Crippen molar-refractivity contribution in [3.63, 3.8) is 0 Å². The van der Waals surface area contributed by atoms with Gasteiger partial charge in [0.05, 0.1) is 17.3 Å². The van der Waals surface area contributed by atoms with Gasteiger partial charge in [0.25, 0.3) is 0 Å². The molecule has 0 saturated carbocycles. The van der Waals surface area contributed by atoms with E-state index in [1.54, 1.807) is 12.0 Å². The third kappa shape index (κ3) is 2.43. The molecule has 1 aromatic rings. The topological polar surface area (TPSA) is 29.5 Å². The number of alkyl halides is 1. The number of carbonyl (C=O) groups excluding carboxylic acids is 1. The van der Waals surface area contributed by atoms with E-state index in [1.807, 2.05) is 18.2 Å². The highest BCUT2D eigenvalue weighted by Crippen LogP contribution is 2.37. The Morgan fingerprint density at radius 3 is 2.94 bits per heavy atom. The van der Waals surface area contributed by atoms with E-state index in [1.165, 1.54) is 0 Å². The Labute approximate surface area is 114 Å². The summed E-state index contributed by atoms with van der Waals surface area (Å²) in [6, 6.07) is 5.63. The van der Waals surface area contributed by atoms with Crippen LogP contribution in [0.3, 0.4) is 0 Å². The molecule has 1 saturated heterocycles. The van der Waals surface area contributed by atoms with Gasteiger partial charge in [-0.25, -0.2) is 0 Å². The van der Waals surface area contributed by atoms with Crippen LogP contribution in [0.15, 0.2) is 22.7 Å². The highest BCUT2D eigenvalue weighted by Gasteiger charge is 2.31. The molecule has 0 aliphatic carbocycles. The molecule has 1 unspecified atom stereocenters. The highest BCUT2D eigenvalue weighted by molar-refractivity contribution is 9.10. The SMILES string of the molecule is COc1cccc(N2CC(CCl)CC2=O)c1Br. The third-order valence-corrected chi connectivity index (χ3v) is 4.11. The largest absolute Gasteiger partial charge is 0.495 e. The first-order valence-corrected chi connectivity index (χ1v) is 6.69. The number of anilines is 1. The summed E-state index contributed by atoms with van der Waals surface area (Å²) >= 11 is 9.28. The lowest BCUT2D eigenvalue weighted by Crippen LogP contribution is -2.25. The smallest absolute Gasteiger partial charge is 0.227 e. The third-order valence-electron chi connectivity index (χ3n) is 2.88. The van der Waals surface area contributed by atoms with Crippen LogP contribution in [0.4, 0.5) is 5.69 Å². The molecule has 3 nitrogen and oxygen atoms in total. The highest BCUT2D eigenvalue weighted by atomic mass is 79.9. The van der Waals surface area contributed by atoms with Gasteiger partial charge in [0.15, 0.2) is 0 Å². The number of hydrogen-bond donors (Lipinski definition) is 0. The Kier molecular flexibility index (Phi) is 3.94. The summed E-state index contributed by atoms with van der Waals surface area (Å²) in [7, 11) is 1.61. The molecule has 0 radical (unpaired) electrons. The van der Waals surface area contributed by atoms with Crippen molar-refractivity contribution in [3.05, 3.63) is 22.7 Å². The Hall–Kier alpha value is -0.740. The summed E-state index contributed by atoms with van der Waals surface area (Å²) in [5.41, 5.74) is 0.849. The molecule has 0 bridgehead atoms. The minimum atomic E-state index is 0.115. The molecule has 2 rings (SSSR count). The van der Waals surface area contributed by atoms with Gasteiger partial charge in [-0.15, -0.1) is 11.6 Å². The van der Waals surface area contributed by atoms with Gasteiger partial charge in [0, 0.05) is 18.8 Å². The maximum absolute atomic E-state index is 11.9. The van der Waals surface area contributed by atoms with E-state index < -0.39 is 0 Å². The number of amides is 1. The van der Waals surface area contributed by atoms with Crippen LogP contribution in [-0.2, 0) is 4.79 Å². The summed E-state index contributed by atoms with van der Waals surface area (Å²) in [6.07, 6.45) is 0.521. The molecule has 0 spiro atoms. The van der Waals surface area contributed by atoms with Gasteiger partial charge in [0.1, 0.15) is 5.75 Å². The molecule has 17 heavy (non-hydrogen) atoms. The van der Waals surface area contributed by atoms with Crippen molar-refractivity contribution in [2.45, 2.75) is 6.42 Å². The maximum Gasteiger partial charge on any atom is 0.227 e. The van der Waals surface area contributed by atoms with Crippen molar-refractivity contribution in [3.8, 4) is 5.75 Å². The lowest BCUT2D eigenvalue weighted by molar-refractivity contribution is -0.117. The van der Waals surface area contributed by atoms with Crippen LogP contribution in [0.25, 0.3) is 0 Å². The van der Waals surface area contributed by atoms with E-state index in [9.17, 15) is 4.79 Å². The van der Waals surface area contributed by atoms with Crippen molar-refractivity contribution >= 4 is 39.1 Å². The van der Waals surface area contributed by atoms with Crippen LogP contribution in [0, 0.1) is 5.92 Å². The van der Waals surface area contributed by atoms with Gasteiger partial charge < -0.3 is 9.64 Å². The lowest BCUT2D eigenvalue weighted by Gasteiger charge is -2.19. The van der Waals surface area contributed by atoms with Gasteiger partial charge in [-0.05, 0) is 34.0 Å². The molecule has 1 amide bonds. The standard InChI is InChI=1S/C12H13BrClNO2/c1-17-10-4-2-3-9(12(10)13)15-7-8(6-14)5-11(15)16/h2-4,8H,5-7H2,1H3. The molecular weight excluding hydrogens is 305 g/mol. The van der Waals surface area contributed by atoms with E-state index in [0.29, 0.717) is 18.8 Å². The molecule has 0 aromatic heterocycles. The molecule has 5 heteroatoms. The molecule has 1 aliphatic rings. The fourth-order valence-electron chi connectivity index (χ4n) is 1.98. The maximum atomic E-state index is 11.9. The number of halogens is 2. The minimum absolute atomic E-state index is 0.115. The zero-order chi connectivity index (χ0) is 12.4. The van der Waals surface area contributed by atoms with Gasteiger partial charge in [-0.1, -0.05) is 6.07 Å². The number of nitrogens with zero attached hydrogens (tertiary/aromatic N) is 1. The molecule has 1 heterocycles. The fraction of sp³-hybridized carbons (Fsp3) is 0.417. The number of ether oxygens (including phenoxy) is 1. The van der Waals surface area contributed by atoms with E-state index in [4.69, 9.17) is 16.3 Å². The number of carbonyl (C=O) groups is 1. The van der Waals surface area contributed by atoms with Gasteiger partial charge in [-0.3, -0.25) is 4.79 Å². The van der Waals surface area contributed by atoms with Crippen molar-refractivity contribution in [2.24, 2.45) is 5.92 Å². The molecule has 92 valence electrons. The predicted molar refractivity (Wildman–Crippen MR) is 71.9 cm³/mol. The number of rotatable bonds is 3. The zero-order valence-corrected chi connectivity index (χ0v) is 11.8. The van der Waals surface area contributed by atoms with Gasteiger partial charge in [0.2, 0.25) is 5.91 Å². The molecule has 1 aromatic carbocycles. The van der Waals surface area contributed by atoms with Crippen LogP contribution < -0.4 is 9.64 Å². The first-order chi connectivity index (χ1) is 8.17. The Morgan fingerprint density at radius 2 is 2.35 bits per heavy atom. The van der Waals surface area contributed by atoms with Gasteiger partial charge >= 0.3 is 0 Å². The summed E-state index contributed by atoms with van der Waals surface area (Å²) in [4.78, 5) is 13.7.